The molecule has 1 aromatic carbocycles. The number of carbonyl (C=O) groups is 1. The van der Waals surface area contributed by atoms with Crippen LogP contribution in [0.5, 0.6) is 5.88 Å². The van der Waals surface area contributed by atoms with Crippen LogP contribution in [0.2, 0.25) is 0 Å². The van der Waals surface area contributed by atoms with E-state index in [1.807, 2.05) is 26.0 Å². The second-order valence-electron chi connectivity index (χ2n) is 7.48. The fourth-order valence-corrected chi connectivity index (χ4v) is 3.66. The van der Waals surface area contributed by atoms with Gasteiger partial charge in [0.15, 0.2) is 0 Å². The fraction of sp³-hybridized carbons (Fsp3) is 0.381. The monoisotopic (exact) mass is 395 g/mol. The van der Waals surface area contributed by atoms with Crippen LogP contribution in [-0.4, -0.2) is 51.0 Å². The van der Waals surface area contributed by atoms with Crippen LogP contribution in [0.3, 0.4) is 0 Å². The molecule has 1 aliphatic heterocycles. The molecule has 0 saturated carbocycles. The number of aromatic nitrogens is 3. The van der Waals surface area contributed by atoms with E-state index in [1.165, 1.54) is 0 Å². The molecule has 3 aromatic rings. The molecule has 3 heterocycles. The Morgan fingerprint density at radius 1 is 1.24 bits per heavy atom. The summed E-state index contributed by atoms with van der Waals surface area (Å²) in [5.41, 5.74) is 2.81. The highest BCUT2D eigenvalue weighted by Gasteiger charge is 2.28. The zero-order chi connectivity index (χ0) is 20.4. The van der Waals surface area contributed by atoms with Gasteiger partial charge in [0.2, 0.25) is 11.8 Å². The summed E-state index contributed by atoms with van der Waals surface area (Å²) in [6.45, 7) is 5.48. The Kier molecular flexibility index (Phi) is 5.35. The van der Waals surface area contributed by atoms with E-state index in [9.17, 15) is 9.59 Å². The van der Waals surface area contributed by atoms with Crippen molar-refractivity contribution in [1.82, 2.24) is 19.9 Å². The molecular formula is C21H25N5O3. The number of piperidine rings is 1. The van der Waals surface area contributed by atoms with Crippen molar-refractivity contribution in [2.45, 2.75) is 38.8 Å². The molecule has 1 atom stereocenters. The number of nitrogens with one attached hydrogen (secondary N) is 3. The van der Waals surface area contributed by atoms with Crippen LogP contribution in [0.1, 0.15) is 25.3 Å². The highest BCUT2D eigenvalue weighted by molar-refractivity contribution is 5.96. The van der Waals surface area contributed by atoms with Gasteiger partial charge in [-0.15, -0.1) is 0 Å². The third-order valence-electron chi connectivity index (χ3n) is 5.43. The number of likely N-dealkylation sites (tertiary alicyclic amines) is 1. The van der Waals surface area contributed by atoms with Gasteiger partial charge >= 0.3 is 5.69 Å². The number of anilines is 1. The number of fused-ring (bicyclic) bond motifs is 1. The predicted octanol–water partition coefficient (Wildman–Crippen LogP) is 2.43. The smallest absolute Gasteiger partial charge is 0.323 e. The number of carbonyl (C=O) groups excluding carboxylic acids is 1. The number of aryl methyl sites for hydroxylation is 1. The van der Waals surface area contributed by atoms with Crippen molar-refractivity contribution in [1.29, 1.82) is 0 Å². The van der Waals surface area contributed by atoms with Crippen LogP contribution in [0.15, 0.2) is 41.3 Å². The van der Waals surface area contributed by atoms with Crippen molar-refractivity contribution in [3.63, 3.8) is 0 Å². The first-order valence-corrected chi connectivity index (χ1v) is 9.85. The summed E-state index contributed by atoms with van der Waals surface area (Å²) in [6.07, 6.45) is 3.56. The molecule has 0 aliphatic carbocycles. The van der Waals surface area contributed by atoms with Gasteiger partial charge in [0, 0.05) is 30.5 Å². The molecule has 3 N–H and O–H groups in total. The molecule has 2 aromatic heterocycles. The molecule has 8 nitrogen and oxygen atoms in total. The van der Waals surface area contributed by atoms with Crippen LogP contribution in [0, 0.1) is 6.92 Å². The lowest BCUT2D eigenvalue weighted by molar-refractivity contribution is -0.121. The van der Waals surface area contributed by atoms with E-state index in [4.69, 9.17) is 4.74 Å². The van der Waals surface area contributed by atoms with Crippen LogP contribution in [0.25, 0.3) is 11.0 Å². The third-order valence-corrected chi connectivity index (χ3v) is 5.43. The maximum absolute atomic E-state index is 12.7. The number of pyridine rings is 1. The first kappa shape index (κ1) is 19.2. The van der Waals surface area contributed by atoms with E-state index in [0.717, 1.165) is 31.5 Å². The van der Waals surface area contributed by atoms with Crippen LogP contribution in [0.4, 0.5) is 5.69 Å². The number of nitrogens with zero attached hydrogens (tertiary/aromatic N) is 2. The molecule has 1 amide bonds. The Hall–Kier alpha value is -3.13. The molecule has 152 valence electrons. The van der Waals surface area contributed by atoms with Crippen molar-refractivity contribution in [3.8, 4) is 5.88 Å². The Morgan fingerprint density at radius 3 is 2.76 bits per heavy atom. The number of aromatic amines is 2. The van der Waals surface area contributed by atoms with Gasteiger partial charge in [-0.3, -0.25) is 9.69 Å². The molecule has 1 fully saturated rings. The summed E-state index contributed by atoms with van der Waals surface area (Å²) >= 11 is 0. The van der Waals surface area contributed by atoms with Gasteiger partial charge in [-0.05, 0) is 51.0 Å². The van der Waals surface area contributed by atoms with Crippen LogP contribution in [-0.2, 0) is 4.79 Å². The number of rotatable bonds is 5. The minimum Gasteiger partial charge on any atom is -0.474 e. The highest BCUT2D eigenvalue weighted by atomic mass is 16.5. The van der Waals surface area contributed by atoms with Crippen molar-refractivity contribution < 1.29 is 9.53 Å². The second kappa shape index (κ2) is 8.08. The average molecular weight is 395 g/mol. The number of hydrogen-bond donors (Lipinski definition) is 3. The summed E-state index contributed by atoms with van der Waals surface area (Å²) in [6, 6.07) is 8.95. The Balaban J connectivity index is 1.32. The molecule has 29 heavy (non-hydrogen) atoms. The molecule has 4 rings (SSSR count). The molecule has 0 radical (unpaired) electrons. The third kappa shape index (κ3) is 4.32. The quantitative estimate of drug-likeness (QED) is 0.616. The van der Waals surface area contributed by atoms with Gasteiger partial charge in [-0.25, -0.2) is 9.78 Å². The summed E-state index contributed by atoms with van der Waals surface area (Å²) in [7, 11) is 0. The van der Waals surface area contributed by atoms with E-state index < -0.39 is 0 Å². The van der Waals surface area contributed by atoms with Crippen LogP contribution >= 0.6 is 0 Å². The van der Waals surface area contributed by atoms with Crippen molar-refractivity contribution in [3.05, 3.63) is 52.6 Å². The predicted molar refractivity (Wildman–Crippen MR) is 111 cm³/mol. The zero-order valence-electron chi connectivity index (χ0n) is 16.6. The number of amides is 1. The van der Waals surface area contributed by atoms with Gasteiger partial charge < -0.3 is 20.0 Å². The Morgan fingerprint density at radius 2 is 2.00 bits per heavy atom. The molecule has 0 spiro atoms. The largest absolute Gasteiger partial charge is 0.474 e. The van der Waals surface area contributed by atoms with E-state index in [-0.39, 0.29) is 23.7 Å². The topological polar surface area (TPSA) is 103 Å². The van der Waals surface area contributed by atoms with Gasteiger partial charge in [0.1, 0.15) is 6.10 Å². The summed E-state index contributed by atoms with van der Waals surface area (Å²) in [5.74, 6) is 0.622. The lowest BCUT2D eigenvalue weighted by atomic mass is 10.1. The summed E-state index contributed by atoms with van der Waals surface area (Å²) < 4.78 is 6.04. The molecular weight excluding hydrogens is 370 g/mol. The first-order valence-electron chi connectivity index (χ1n) is 9.85. The van der Waals surface area contributed by atoms with Gasteiger partial charge in [-0.2, -0.15) is 0 Å². The minimum absolute atomic E-state index is 0.0674. The standard InChI is InChI=1S/C21H25N5O3/c1-13-4-3-9-22-20(13)29-16-7-10-26(11-8-16)14(2)19(27)23-15-5-6-17-18(12-15)25-21(28)24-17/h3-6,9,12,14,16H,7-8,10-11H2,1-2H3,(H,23,27)(H2,24,25,28). The van der Waals surface area contributed by atoms with Gasteiger partial charge in [-0.1, -0.05) is 6.07 Å². The van der Waals surface area contributed by atoms with Crippen LogP contribution < -0.4 is 15.7 Å². The van der Waals surface area contributed by atoms with E-state index in [1.54, 1.807) is 24.4 Å². The first-order chi connectivity index (χ1) is 14.0. The number of benzene rings is 1. The lowest BCUT2D eigenvalue weighted by Gasteiger charge is -2.35. The fourth-order valence-electron chi connectivity index (χ4n) is 3.66. The zero-order valence-corrected chi connectivity index (χ0v) is 16.6. The SMILES string of the molecule is Cc1cccnc1OC1CCN(C(C)C(=O)Nc2ccc3[nH]c(=O)[nH]c3c2)CC1. The number of imidazole rings is 1. The summed E-state index contributed by atoms with van der Waals surface area (Å²) in [4.78, 5) is 35.9. The van der Waals surface area contributed by atoms with Gasteiger partial charge in [0.05, 0.1) is 17.1 Å². The maximum atomic E-state index is 12.7. The van der Waals surface area contributed by atoms with Crippen molar-refractivity contribution in [2.75, 3.05) is 18.4 Å². The van der Waals surface area contributed by atoms with Gasteiger partial charge in [0.25, 0.3) is 0 Å². The van der Waals surface area contributed by atoms with Crippen molar-refractivity contribution in [2.24, 2.45) is 0 Å². The van der Waals surface area contributed by atoms with Crippen molar-refractivity contribution >= 4 is 22.6 Å². The molecule has 1 saturated heterocycles. The van der Waals surface area contributed by atoms with E-state index in [2.05, 4.69) is 25.2 Å². The minimum atomic E-state index is -0.261. The molecule has 0 bridgehead atoms. The molecule has 1 aliphatic rings. The number of H-pyrrole nitrogens is 2. The molecule has 1 unspecified atom stereocenters. The summed E-state index contributed by atoms with van der Waals surface area (Å²) in [5, 5.41) is 2.94. The lowest BCUT2D eigenvalue weighted by Crippen LogP contribution is -2.47. The highest BCUT2D eigenvalue weighted by Crippen LogP contribution is 2.22. The normalized spacial score (nSPS) is 16.6. The second-order valence-corrected chi connectivity index (χ2v) is 7.48. The van der Waals surface area contributed by atoms with E-state index in [0.29, 0.717) is 22.6 Å². The number of hydrogen-bond acceptors (Lipinski definition) is 5. The maximum Gasteiger partial charge on any atom is 0.323 e. The Bertz CT molecular complexity index is 1070. The number of ether oxygens (including phenoxy) is 1. The van der Waals surface area contributed by atoms with E-state index >= 15 is 0 Å². The Labute approximate surface area is 168 Å². The molecule has 8 heteroatoms. The average Bonchev–Trinajstić information content (AvgIpc) is 3.09.